The van der Waals surface area contributed by atoms with Crippen molar-refractivity contribution in [1.29, 1.82) is 0 Å². The topological polar surface area (TPSA) is 92.5 Å². The minimum atomic E-state index is -0.931. The summed E-state index contributed by atoms with van der Waals surface area (Å²) in [5.74, 6) is 1.09. The van der Waals surface area contributed by atoms with Crippen molar-refractivity contribution in [2.45, 2.75) is 36.8 Å². The van der Waals surface area contributed by atoms with Gasteiger partial charge in [-0.15, -0.1) is 46.4 Å². The monoisotopic (exact) mass is 416 g/mol. The maximum atomic E-state index is 10.5. The molecule has 0 saturated heterocycles. The molecule has 0 spiro atoms. The molecule has 0 fully saturated rings. The van der Waals surface area contributed by atoms with Crippen LogP contribution in [-0.4, -0.2) is 33.7 Å². The minimum Gasteiger partial charge on any atom is -0.508 e. The number of alkyl halides is 4. The first-order chi connectivity index (χ1) is 11.3. The Kier molecular flexibility index (Phi) is 8.74. The van der Waals surface area contributed by atoms with Crippen molar-refractivity contribution in [2.75, 3.05) is 23.5 Å². The summed E-state index contributed by atoms with van der Waals surface area (Å²) in [6.45, 7) is 0. The number of phenols is 2. The molecule has 0 aromatic heterocycles. The summed E-state index contributed by atoms with van der Waals surface area (Å²) in [5, 5.41) is 21.0. The van der Waals surface area contributed by atoms with Crippen LogP contribution in [-0.2, 0) is 11.1 Å². The molecule has 1 aromatic carbocycles. The lowest BCUT2D eigenvalue weighted by Gasteiger charge is -2.33. The van der Waals surface area contributed by atoms with Gasteiger partial charge < -0.3 is 21.7 Å². The second kappa shape index (κ2) is 9.56. The predicted molar refractivity (Wildman–Crippen MR) is 103 cm³/mol. The highest BCUT2D eigenvalue weighted by molar-refractivity contribution is 6.18. The second-order valence-electron chi connectivity index (χ2n) is 5.95. The molecule has 0 unspecified atom stereocenters. The first-order valence-corrected chi connectivity index (χ1v) is 9.80. The van der Waals surface area contributed by atoms with Gasteiger partial charge in [0, 0.05) is 45.7 Å². The molecule has 0 aliphatic heterocycles. The Balaban J connectivity index is 3.39. The van der Waals surface area contributed by atoms with Gasteiger partial charge in [0.2, 0.25) is 0 Å². The SMILES string of the molecule is NC(CCCl)(CCCl)c1cc(O)c(C(N)(CCCl)CCCl)cc1O. The van der Waals surface area contributed by atoms with E-state index in [9.17, 15) is 10.2 Å². The van der Waals surface area contributed by atoms with E-state index in [4.69, 9.17) is 57.9 Å². The van der Waals surface area contributed by atoms with Gasteiger partial charge in [0.05, 0.1) is 0 Å². The van der Waals surface area contributed by atoms with Crippen LogP contribution >= 0.6 is 46.4 Å². The molecule has 0 heterocycles. The number of rotatable bonds is 10. The molecule has 0 atom stereocenters. The van der Waals surface area contributed by atoms with E-state index in [0.717, 1.165) is 0 Å². The van der Waals surface area contributed by atoms with Crippen molar-refractivity contribution in [1.82, 2.24) is 0 Å². The summed E-state index contributed by atoms with van der Waals surface area (Å²) < 4.78 is 0. The lowest BCUT2D eigenvalue weighted by molar-refractivity contribution is 0.360. The Labute approximate surface area is 163 Å². The molecule has 1 rings (SSSR count). The number of aromatic hydroxyl groups is 2. The van der Waals surface area contributed by atoms with Gasteiger partial charge in [0.1, 0.15) is 11.5 Å². The average Bonchev–Trinajstić information content (AvgIpc) is 2.50. The normalized spacial score (nSPS) is 12.6. The molecular weight excluding hydrogens is 394 g/mol. The highest BCUT2D eigenvalue weighted by Crippen LogP contribution is 2.42. The first kappa shape index (κ1) is 21.9. The number of phenolic OH excluding ortho intramolecular Hbond substituents is 2. The van der Waals surface area contributed by atoms with Crippen LogP contribution in [0.15, 0.2) is 12.1 Å². The molecule has 0 saturated carbocycles. The van der Waals surface area contributed by atoms with Crippen LogP contribution in [0.1, 0.15) is 36.8 Å². The van der Waals surface area contributed by atoms with Crippen molar-refractivity contribution < 1.29 is 10.2 Å². The van der Waals surface area contributed by atoms with Gasteiger partial charge >= 0.3 is 0 Å². The summed E-state index contributed by atoms with van der Waals surface area (Å²) in [6.07, 6.45) is 1.63. The number of hydrogen-bond donors (Lipinski definition) is 4. The smallest absolute Gasteiger partial charge is 0.121 e. The Morgan fingerprint density at radius 1 is 0.667 bits per heavy atom. The van der Waals surface area contributed by atoms with Crippen molar-refractivity contribution >= 4 is 46.4 Å². The van der Waals surface area contributed by atoms with E-state index in [-0.39, 0.29) is 11.5 Å². The Morgan fingerprint density at radius 2 is 0.917 bits per heavy atom. The van der Waals surface area contributed by atoms with E-state index < -0.39 is 11.1 Å². The van der Waals surface area contributed by atoms with Crippen molar-refractivity contribution in [3.8, 4) is 11.5 Å². The zero-order valence-electron chi connectivity index (χ0n) is 13.4. The van der Waals surface area contributed by atoms with E-state index in [0.29, 0.717) is 60.3 Å². The lowest BCUT2D eigenvalue weighted by atomic mass is 9.80. The average molecular weight is 418 g/mol. The Morgan fingerprint density at radius 3 is 1.12 bits per heavy atom. The summed E-state index contributed by atoms with van der Waals surface area (Å²) in [4.78, 5) is 0. The minimum absolute atomic E-state index is 0.0560. The fourth-order valence-corrected chi connectivity index (χ4v) is 4.19. The van der Waals surface area contributed by atoms with Crippen LogP contribution in [0.2, 0.25) is 0 Å². The van der Waals surface area contributed by atoms with Crippen molar-refractivity contribution in [3.05, 3.63) is 23.3 Å². The third-order valence-electron chi connectivity index (χ3n) is 4.35. The maximum Gasteiger partial charge on any atom is 0.121 e. The van der Waals surface area contributed by atoms with Crippen LogP contribution in [0.3, 0.4) is 0 Å². The van der Waals surface area contributed by atoms with Gasteiger partial charge in [-0.2, -0.15) is 0 Å². The largest absolute Gasteiger partial charge is 0.508 e. The molecule has 0 amide bonds. The molecule has 24 heavy (non-hydrogen) atoms. The third kappa shape index (κ3) is 4.96. The van der Waals surface area contributed by atoms with E-state index in [1.807, 2.05) is 0 Å². The van der Waals surface area contributed by atoms with E-state index in [1.165, 1.54) is 12.1 Å². The summed E-state index contributed by atoms with van der Waals surface area (Å²) >= 11 is 23.3. The van der Waals surface area contributed by atoms with Crippen LogP contribution in [0.5, 0.6) is 11.5 Å². The number of hydrogen-bond acceptors (Lipinski definition) is 4. The molecule has 0 aliphatic rings. The molecule has 0 radical (unpaired) electrons. The molecule has 0 aliphatic carbocycles. The maximum absolute atomic E-state index is 10.5. The van der Waals surface area contributed by atoms with E-state index in [1.54, 1.807) is 0 Å². The predicted octanol–water partition coefficient (Wildman–Crippen LogP) is 3.92. The lowest BCUT2D eigenvalue weighted by Crippen LogP contribution is -2.39. The quantitative estimate of drug-likeness (QED) is 0.342. The fourth-order valence-electron chi connectivity index (χ4n) is 2.84. The van der Waals surface area contributed by atoms with Crippen LogP contribution in [0.4, 0.5) is 0 Å². The van der Waals surface area contributed by atoms with Gasteiger partial charge in [-0.25, -0.2) is 0 Å². The molecule has 6 N–H and O–H groups in total. The molecule has 8 heteroatoms. The van der Waals surface area contributed by atoms with Gasteiger partial charge in [-0.1, -0.05) is 0 Å². The summed E-state index contributed by atoms with van der Waals surface area (Å²) in [6, 6.07) is 2.88. The second-order valence-corrected chi connectivity index (χ2v) is 7.47. The summed E-state index contributed by atoms with van der Waals surface area (Å²) in [7, 11) is 0. The van der Waals surface area contributed by atoms with Crippen LogP contribution < -0.4 is 11.5 Å². The van der Waals surface area contributed by atoms with Crippen molar-refractivity contribution in [3.63, 3.8) is 0 Å². The number of benzene rings is 1. The molecule has 1 aromatic rings. The zero-order chi connectivity index (χ0) is 18.4. The van der Waals surface area contributed by atoms with Gasteiger partial charge in [0.25, 0.3) is 0 Å². The summed E-state index contributed by atoms with van der Waals surface area (Å²) in [5.41, 5.74) is 11.7. The third-order valence-corrected chi connectivity index (χ3v) is 5.11. The standard InChI is InChI=1S/C16H24Cl4N2O2/c17-5-1-15(21,2-6-18)11-9-14(24)12(10-13(11)23)16(22,3-7-19)4-8-20/h9-10,23-24H,1-8,21-22H2. The number of halogens is 4. The van der Waals surface area contributed by atoms with Crippen LogP contribution in [0, 0.1) is 0 Å². The van der Waals surface area contributed by atoms with E-state index in [2.05, 4.69) is 0 Å². The first-order valence-electron chi connectivity index (χ1n) is 7.66. The highest BCUT2D eigenvalue weighted by Gasteiger charge is 2.34. The van der Waals surface area contributed by atoms with E-state index >= 15 is 0 Å². The number of nitrogens with two attached hydrogens (primary N) is 2. The van der Waals surface area contributed by atoms with Gasteiger partial charge in [-0.3, -0.25) is 0 Å². The molecule has 0 bridgehead atoms. The highest BCUT2D eigenvalue weighted by atomic mass is 35.5. The molecule has 4 nitrogen and oxygen atoms in total. The Bertz CT molecular complexity index is 483. The molecule has 138 valence electrons. The molecular formula is C16H24Cl4N2O2. The van der Waals surface area contributed by atoms with Gasteiger partial charge in [0.15, 0.2) is 0 Å². The fraction of sp³-hybridized carbons (Fsp3) is 0.625. The Hall–Kier alpha value is -0.100. The van der Waals surface area contributed by atoms with Crippen LogP contribution in [0.25, 0.3) is 0 Å². The van der Waals surface area contributed by atoms with Crippen molar-refractivity contribution in [2.24, 2.45) is 11.5 Å². The zero-order valence-corrected chi connectivity index (χ0v) is 16.4. The van der Waals surface area contributed by atoms with Gasteiger partial charge in [-0.05, 0) is 37.8 Å².